The molecule has 2 rings (SSSR count). The van der Waals surface area contributed by atoms with Crippen LogP contribution in [0, 0.1) is 6.92 Å². The summed E-state index contributed by atoms with van der Waals surface area (Å²) < 4.78 is 2.31. The van der Waals surface area contributed by atoms with E-state index < -0.39 is 0 Å². The summed E-state index contributed by atoms with van der Waals surface area (Å²) in [5.41, 5.74) is 2.76. The molecule has 3 heteroatoms. The standard InChI is InChI=1S/C17H25N3/c1-14-18-12-16(13-19-17(2,3)4)20(14)11-10-15-8-6-5-7-9-15/h5-9,12,19H,10-11,13H2,1-4H3. The highest BCUT2D eigenvalue weighted by atomic mass is 15.1. The second kappa shape index (κ2) is 6.23. The fourth-order valence-corrected chi connectivity index (χ4v) is 2.20. The van der Waals surface area contributed by atoms with Gasteiger partial charge in [0.05, 0.1) is 5.69 Å². The van der Waals surface area contributed by atoms with Gasteiger partial charge >= 0.3 is 0 Å². The summed E-state index contributed by atoms with van der Waals surface area (Å²) in [4.78, 5) is 4.45. The minimum Gasteiger partial charge on any atom is -0.331 e. The van der Waals surface area contributed by atoms with Crippen molar-refractivity contribution in [2.75, 3.05) is 0 Å². The van der Waals surface area contributed by atoms with Crippen LogP contribution in [0.15, 0.2) is 36.5 Å². The summed E-state index contributed by atoms with van der Waals surface area (Å²) in [5.74, 6) is 1.09. The lowest BCUT2D eigenvalue weighted by molar-refractivity contribution is 0.415. The minimum absolute atomic E-state index is 0.127. The van der Waals surface area contributed by atoms with E-state index in [2.05, 4.69) is 72.9 Å². The molecular weight excluding hydrogens is 246 g/mol. The van der Waals surface area contributed by atoms with Crippen LogP contribution < -0.4 is 5.32 Å². The zero-order valence-electron chi connectivity index (χ0n) is 13.0. The molecular formula is C17H25N3. The maximum Gasteiger partial charge on any atom is 0.105 e. The Morgan fingerprint density at radius 3 is 2.50 bits per heavy atom. The van der Waals surface area contributed by atoms with Crippen LogP contribution in [-0.4, -0.2) is 15.1 Å². The number of benzene rings is 1. The maximum atomic E-state index is 4.45. The molecule has 0 unspecified atom stereocenters. The molecule has 0 fully saturated rings. The number of aryl methyl sites for hydroxylation is 2. The zero-order valence-corrected chi connectivity index (χ0v) is 13.0. The van der Waals surface area contributed by atoms with E-state index in [1.54, 1.807) is 0 Å². The van der Waals surface area contributed by atoms with E-state index in [-0.39, 0.29) is 5.54 Å². The summed E-state index contributed by atoms with van der Waals surface area (Å²) in [6, 6.07) is 10.6. The van der Waals surface area contributed by atoms with Gasteiger partial charge in [-0.15, -0.1) is 0 Å². The largest absolute Gasteiger partial charge is 0.331 e. The van der Waals surface area contributed by atoms with Crippen molar-refractivity contribution in [3.8, 4) is 0 Å². The first-order valence-electron chi connectivity index (χ1n) is 7.26. The van der Waals surface area contributed by atoms with Crippen LogP contribution in [0.5, 0.6) is 0 Å². The second-order valence-corrected chi connectivity index (χ2v) is 6.29. The normalized spacial score (nSPS) is 11.8. The van der Waals surface area contributed by atoms with Gasteiger partial charge in [-0.1, -0.05) is 30.3 Å². The number of hydrogen-bond donors (Lipinski definition) is 1. The van der Waals surface area contributed by atoms with Crippen molar-refractivity contribution in [1.29, 1.82) is 0 Å². The Labute approximate surface area is 122 Å². The van der Waals surface area contributed by atoms with Crippen LogP contribution in [0.2, 0.25) is 0 Å². The van der Waals surface area contributed by atoms with Crippen molar-refractivity contribution in [2.24, 2.45) is 0 Å². The van der Waals surface area contributed by atoms with Crippen molar-refractivity contribution in [3.63, 3.8) is 0 Å². The SMILES string of the molecule is Cc1ncc(CNC(C)(C)C)n1CCc1ccccc1. The van der Waals surface area contributed by atoms with Gasteiger partial charge in [-0.25, -0.2) is 4.98 Å². The molecule has 20 heavy (non-hydrogen) atoms. The lowest BCUT2D eigenvalue weighted by atomic mass is 10.1. The Kier molecular flexibility index (Phi) is 4.61. The monoisotopic (exact) mass is 271 g/mol. The molecule has 2 aromatic rings. The topological polar surface area (TPSA) is 29.9 Å². The third-order valence-corrected chi connectivity index (χ3v) is 3.40. The minimum atomic E-state index is 0.127. The van der Waals surface area contributed by atoms with Crippen LogP contribution in [0.1, 0.15) is 37.9 Å². The van der Waals surface area contributed by atoms with Gasteiger partial charge < -0.3 is 9.88 Å². The quantitative estimate of drug-likeness (QED) is 0.904. The molecule has 1 N–H and O–H groups in total. The van der Waals surface area contributed by atoms with Crippen LogP contribution in [0.25, 0.3) is 0 Å². The van der Waals surface area contributed by atoms with Crippen LogP contribution in [-0.2, 0) is 19.5 Å². The molecule has 3 nitrogen and oxygen atoms in total. The molecule has 1 aromatic heterocycles. The molecule has 0 aliphatic carbocycles. The first kappa shape index (κ1) is 14.8. The molecule has 0 saturated carbocycles. The molecule has 0 bridgehead atoms. The summed E-state index contributed by atoms with van der Waals surface area (Å²) in [6.45, 7) is 10.5. The summed E-state index contributed by atoms with van der Waals surface area (Å²) >= 11 is 0. The predicted molar refractivity (Wildman–Crippen MR) is 83.7 cm³/mol. The number of rotatable bonds is 5. The fraction of sp³-hybridized carbons (Fsp3) is 0.471. The molecule has 0 aliphatic rings. The summed E-state index contributed by atoms with van der Waals surface area (Å²) in [7, 11) is 0. The van der Waals surface area contributed by atoms with Gasteiger partial charge in [-0.3, -0.25) is 0 Å². The Balaban J connectivity index is 2.02. The number of nitrogens with one attached hydrogen (secondary N) is 1. The number of hydrogen-bond acceptors (Lipinski definition) is 2. The number of imidazole rings is 1. The Morgan fingerprint density at radius 2 is 1.85 bits per heavy atom. The van der Waals surface area contributed by atoms with Gasteiger partial charge in [0.1, 0.15) is 5.82 Å². The van der Waals surface area contributed by atoms with Crippen LogP contribution >= 0.6 is 0 Å². The average Bonchev–Trinajstić information content (AvgIpc) is 2.75. The number of aromatic nitrogens is 2. The lowest BCUT2D eigenvalue weighted by Gasteiger charge is -2.21. The van der Waals surface area contributed by atoms with E-state index in [0.29, 0.717) is 0 Å². The molecule has 1 aromatic carbocycles. The van der Waals surface area contributed by atoms with E-state index in [0.717, 1.165) is 25.3 Å². The van der Waals surface area contributed by atoms with Crippen LogP contribution in [0.3, 0.4) is 0 Å². The van der Waals surface area contributed by atoms with Gasteiger partial charge in [-0.2, -0.15) is 0 Å². The molecule has 0 amide bonds. The molecule has 0 aliphatic heterocycles. The van der Waals surface area contributed by atoms with Gasteiger partial charge in [0.2, 0.25) is 0 Å². The van der Waals surface area contributed by atoms with Crippen molar-refractivity contribution in [3.05, 3.63) is 53.6 Å². The Hall–Kier alpha value is -1.61. The highest BCUT2D eigenvalue weighted by Crippen LogP contribution is 2.10. The van der Waals surface area contributed by atoms with E-state index in [4.69, 9.17) is 0 Å². The van der Waals surface area contributed by atoms with Crippen LogP contribution in [0.4, 0.5) is 0 Å². The molecule has 0 atom stereocenters. The number of nitrogens with zero attached hydrogens (tertiary/aromatic N) is 2. The van der Waals surface area contributed by atoms with Crippen molar-refractivity contribution < 1.29 is 0 Å². The first-order chi connectivity index (χ1) is 9.46. The summed E-state index contributed by atoms with van der Waals surface area (Å²) in [5, 5.41) is 3.53. The van der Waals surface area contributed by atoms with E-state index >= 15 is 0 Å². The van der Waals surface area contributed by atoms with Gasteiger partial charge in [0, 0.05) is 24.8 Å². The zero-order chi connectivity index (χ0) is 14.6. The fourth-order valence-electron chi connectivity index (χ4n) is 2.20. The van der Waals surface area contributed by atoms with Crippen molar-refractivity contribution >= 4 is 0 Å². The summed E-state index contributed by atoms with van der Waals surface area (Å²) in [6.07, 6.45) is 3.03. The molecule has 0 radical (unpaired) electrons. The second-order valence-electron chi connectivity index (χ2n) is 6.29. The maximum absolute atomic E-state index is 4.45. The van der Waals surface area contributed by atoms with Crippen molar-refractivity contribution in [2.45, 2.75) is 52.7 Å². The van der Waals surface area contributed by atoms with Gasteiger partial charge in [-0.05, 0) is 39.7 Å². The molecule has 108 valence electrons. The first-order valence-corrected chi connectivity index (χ1v) is 7.26. The molecule has 1 heterocycles. The van der Waals surface area contributed by atoms with Gasteiger partial charge in [0.25, 0.3) is 0 Å². The van der Waals surface area contributed by atoms with E-state index in [9.17, 15) is 0 Å². The van der Waals surface area contributed by atoms with E-state index in [1.165, 1.54) is 11.3 Å². The molecule has 0 saturated heterocycles. The third-order valence-electron chi connectivity index (χ3n) is 3.40. The highest BCUT2D eigenvalue weighted by molar-refractivity contribution is 5.15. The predicted octanol–water partition coefficient (Wildman–Crippen LogP) is 3.32. The van der Waals surface area contributed by atoms with Crippen molar-refractivity contribution in [1.82, 2.24) is 14.9 Å². The third kappa shape index (κ3) is 4.20. The van der Waals surface area contributed by atoms with Gasteiger partial charge in [0.15, 0.2) is 0 Å². The Bertz CT molecular complexity index is 535. The smallest absolute Gasteiger partial charge is 0.105 e. The average molecular weight is 271 g/mol. The van der Waals surface area contributed by atoms with E-state index in [1.807, 2.05) is 6.20 Å². The highest BCUT2D eigenvalue weighted by Gasteiger charge is 2.12. The Morgan fingerprint density at radius 1 is 1.15 bits per heavy atom. The molecule has 0 spiro atoms. The lowest BCUT2D eigenvalue weighted by Crippen LogP contribution is -2.35.